The monoisotopic (exact) mass is 223 g/mol. The first-order valence-electron chi connectivity index (χ1n) is 5.51. The minimum Gasteiger partial charge on any atom is -0.349 e. The molecule has 1 saturated carbocycles. The van der Waals surface area contributed by atoms with E-state index in [0.717, 1.165) is 19.4 Å². The molecular weight excluding hydrogens is 206 g/mol. The highest BCUT2D eigenvalue weighted by Crippen LogP contribution is 2.33. The first kappa shape index (κ1) is 11.1. The quantitative estimate of drug-likeness (QED) is 0.757. The van der Waals surface area contributed by atoms with Crippen molar-refractivity contribution in [2.24, 2.45) is 0 Å². The summed E-state index contributed by atoms with van der Waals surface area (Å²) < 4.78 is 1.78. The Labute approximate surface area is 94.6 Å². The summed E-state index contributed by atoms with van der Waals surface area (Å²) in [6, 6.07) is 0.468. The van der Waals surface area contributed by atoms with E-state index in [1.165, 1.54) is 0 Å². The van der Waals surface area contributed by atoms with Crippen LogP contribution in [0.5, 0.6) is 0 Å². The van der Waals surface area contributed by atoms with Crippen LogP contribution in [0.25, 0.3) is 0 Å². The number of amides is 1. The summed E-state index contributed by atoms with van der Waals surface area (Å²) in [6.45, 7) is 1.45. The van der Waals surface area contributed by atoms with E-state index in [2.05, 4.69) is 15.6 Å². The molecular formula is C10H17N5O. The van der Waals surface area contributed by atoms with Crippen molar-refractivity contribution in [1.29, 1.82) is 0 Å². The number of carbonyl (C=O) groups excluding carboxylic acids is 1. The van der Waals surface area contributed by atoms with Crippen LogP contribution >= 0.6 is 0 Å². The largest absolute Gasteiger partial charge is 0.349 e. The molecule has 1 amide bonds. The second kappa shape index (κ2) is 4.61. The molecule has 0 radical (unpaired) electrons. The molecule has 0 saturated heterocycles. The summed E-state index contributed by atoms with van der Waals surface area (Å²) in [4.78, 5) is 13.7. The van der Waals surface area contributed by atoms with E-state index in [9.17, 15) is 4.79 Å². The van der Waals surface area contributed by atoms with E-state index < -0.39 is 0 Å². The Morgan fingerprint density at radius 1 is 1.62 bits per heavy atom. The fourth-order valence-electron chi connectivity index (χ4n) is 1.38. The van der Waals surface area contributed by atoms with Crippen molar-refractivity contribution in [3.05, 3.63) is 11.9 Å². The van der Waals surface area contributed by atoms with Crippen LogP contribution in [-0.4, -0.2) is 53.0 Å². The average Bonchev–Trinajstić information content (AvgIpc) is 2.96. The molecule has 1 aromatic heterocycles. The highest BCUT2D eigenvalue weighted by molar-refractivity contribution is 5.91. The van der Waals surface area contributed by atoms with Crippen LogP contribution in [0.2, 0.25) is 0 Å². The van der Waals surface area contributed by atoms with Crippen LogP contribution in [-0.2, 0) is 0 Å². The Hall–Kier alpha value is -1.43. The van der Waals surface area contributed by atoms with Gasteiger partial charge in [-0.1, -0.05) is 5.21 Å². The van der Waals surface area contributed by atoms with Gasteiger partial charge < -0.3 is 10.2 Å². The predicted octanol–water partition coefficient (Wildman–Crippen LogP) is -0.0956. The van der Waals surface area contributed by atoms with Gasteiger partial charge in [-0.2, -0.15) is 0 Å². The molecule has 88 valence electrons. The topological polar surface area (TPSA) is 63.1 Å². The molecule has 0 aromatic carbocycles. The van der Waals surface area contributed by atoms with Gasteiger partial charge in [0.25, 0.3) is 5.91 Å². The smallest absolute Gasteiger partial charge is 0.273 e. The molecule has 1 aromatic rings. The Kier molecular flexibility index (Phi) is 3.19. The van der Waals surface area contributed by atoms with Crippen LogP contribution in [0.3, 0.4) is 0 Å². The number of hydrogen-bond donors (Lipinski definition) is 1. The van der Waals surface area contributed by atoms with E-state index in [0.29, 0.717) is 18.3 Å². The summed E-state index contributed by atoms with van der Waals surface area (Å²) >= 11 is 0. The molecule has 6 heteroatoms. The molecule has 0 unspecified atom stereocenters. The van der Waals surface area contributed by atoms with Crippen LogP contribution < -0.4 is 5.32 Å². The van der Waals surface area contributed by atoms with Gasteiger partial charge in [0.2, 0.25) is 0 Å². The zero-order chi connectivity index (χ0) is 11.5. The van der Waals surface area contributed by atoms with Crippen molar-refractivity contribution in [1.82, 2.24) is 25.2 Å². The van der Waals surface area contributed by atoms with Crippen LogP contribution in [0.15, 0.2) is 6.20 Å². The maximum absolute atomic E-state index is 11.6. The van der Waals surface area contributed by atoms with Crippen LogP contribution in [0.1, 0.15) is 29.4 Å². The molecule has 1 aliphatic carbocycles. The number of aromatic nitrogens is 3. The van der Waals surface area contributed by atoms with E-state index in [1.54, 1.807) is 10.9 Å². The van der Waals surface area contributed by atoms with Gasteiger partial charge >= 0.3 is 0 Å². The number of hydrogen-bond acceptors (Lipinski definition) is 4. The molecule has 0 aliphatic heterocycles. The number of nitrogens with zero attached hydrogens (tertiary/aromatic N) is 4. The third kappa shape index (κ3) is 2.79. The average molecular weight is 223 g/mol. The van der Waals surface area contributed by atoms with Crippen molar-refractivity contribution < 1.29 is 4.79 Å². The summed E-state index contributed by atoms with van der Waals surface area (Å²) in [6.07, 6.45) is 4.01. The lowest BCUT2D eigenvalue weighted by Crippen LogP contribution is -2.31. The van der Waals surface area contributed by atoms with Gasteiger partial charge in [-0.15, -0.1) is 5.10 Å². The van der Waals surface area contributed by atoms with Gasteiger partial charge in [-0.3, -0.25) is 4.79 Å². The third-order valence-electron chi connectivity index (χ3n) is 2.51. The first-order chi connectivity index (χ1) is 7.66. The van der Waals surface area contributed by atoms with Gasteiger partial charge in [-0.25, -0.2) is 4.68 Å². The minimum absolute atomic E-state index is 0.145. The minimum atomic E-state index is -0.145. The van der Waals surface area contributed by atoms with Crippen LogP contribution in [0, 0.1) is 0 Å². The highest BCUT2D eigenvalue weighted by atomic mass is 16.2. The van der Waals surface area contributed by atoms with Gasteiger partial charge in [0.05, 0.1) is 12.2 Å². The molecule has 6 nitrogen and oxygen atoms in total. The summed E-state index contributed by atoms with van der Waals surface area (Å²) in [7, 11) is 3.94. The lowest BCUT2D eigenvalue weighted by Gasteiger charge is -2.09. The zero-order valence-corrected chi connectivity index (χ0v) is 9.68. The molecule has 1 heterocycles. The predicted molar refractivity (Wildman–Crippen MR) is 59.2 cm³/mol. The summed E-state index contributed by atoms with van der Waals surface area (Å²) in [5, 5.41) is 10.6. The van der Waals surface area contributed by atoms with E-state index in [1.807, 2.05) is 19.0 Å². The second-order valence-electron chi connectivity index (χ2n) is 4.37. The first-order valence-corrected chi connectivity index (χ1v) is 5.51. The number of carbonyl (C=O) groups is 1. The van der Waals surface area contributed by atoms with Crippen LogP contribution in [0.4, 0.5) is 0 Å². The van der Waals surface area contributed by atoms with Gasteiger partial charge in [-0.05, 0) is 26.9 Å². The molecule has 1 N–H and O–H groups in total. The molecule has 16 heavy (non-hydrogen) atoms. The van der Waals surface area contributed by atoms with Crippen molar-refractivity contribution in [2.75, 3.05) is 27.2 Å². The molecule has 1 aliphatic rings. The van der Waals surface area contributed by atoms with E-state index >= 15 is 0 Å². The standard InChI is InChI=1S/C10H17N5O/c1-14(2)6-5-11-10(16)9-7-15(13-12-9)8-3-4-8/h7-8H,3-6H2,1-2H3,(H,11,16). The molecule has 2 rings (SSSR count). The molecule has 0 atom stereocenters. The Balaban J connectivity index is 1.83. The summed E-state index contributed by atoms with van der Waals surface area (Å²) in [5.74, 6) is -0.145. The van der Waals surface area contributed by atoms with Crippen molar-refractivity contribution in [2.45, 2.75) is 18.9 Å². The highest BCUT2D eigenvalue weighted by Gasteiger charge is 2.25. The zero-order valence-electron chi connectivity index (χ0n) is 9.68. The molecule has 0 bridgehead atoms. The van der Waals surface area contributed by atoms with Crippen molar-refractivity contribution >= 4 is 5.91 Å². The Bertz CT molecular complexity index is 369. The molecule has 0 spiro atoms. The number of likely N-dealkylation sites (N-methyl/N-ethyl adjacent to an activating group) is 1. The second-order valence-corrected chi connectivity index (χ2v) is 4.37. The number of rotatable bonds is 5. The maximum Gasteiger partial charge on any atom is 0.273 e. The molecule has 1 fully saturated rings. The van der Waals surface area contributed by atoms with Crippen molar-refractivity contribution in [3.8, 4) is 0 Å². The van der Waals surface area contributed by atoms with Gasteiger partial charge in [0.1, 0.15) is 0 Å². The lowest BCUT2D eigenvalue weighted by atomic mass is 10.4. The van der Waals surface area contributed by atoms with Gasteiger partial charge in [0, 0.05) is 13.1 Å². The maximum atomic E-state index is 11.6. The third-order valence-corrected chi connectivity index (χ3v) is 2.51. The fraction of sp³-hybridized carbons (Fsp3) is 0.700. The number of nitrogens with one attached hydrogen (secondary N) is 1. The lowest BCUT2D eigenvalue weighted by molar-refractivity contribution is 0.0946. The van der Waals surface area contributed by atoms with Crippen molar-refractivity contribution in [3.63, 3.8) is 0 Å². The van der Waals surface area contributed by atoms with E-state index in [4.69, 9.17) is 0 Å². The van der Waals surface area contributed by atoms with E-state index in [-0.39, 0.29) is 5.91 Å². The Morgan fingerprint density at radius 2 is 2.38 bits per heavy atom. The SMILES string of the molecule is CN(C)CCNC(=O)c1cn(C2CC2)nn1. The fourth-order valence-corrected chi connectivity index (χ4v) is 1.38. The Morgan fingerprint density at radius 3 is 3.00 bits per heavy atom. The summed E-state index contributed by atoms with van der Waals surface area (Å²) in [5.41, 5.74) is 0.408. The van der Waals surface area contributed by atoms with Gasteiger partial charge in [0.15, 0.2) is 5.69 Å². The normalized spacial score (nSPS) is 15.4.